The number of likely N-dealkylation sites (tertiary alicyclic amines) is 1. The molecule has 1 saturated heterocycles. The molecule has 0 bridgehead atoms. The minimum absolute atomic E-state index is 0.170. The molecule has 4 nitrogen and oxygen atoms in total. The van der Waals surface area contributed by atoms with Crippen molar-refractivity contribution in [3.8, 4) is 0 Å². The summed E-state index contributed by atoms with van der Waals surface area (Å²) in [6.45, 7) is 6.15. The third-order valence-corrected chi connectivity index (χ3v) is 3.46. The summed E-state index contributed by atoms with van der Waals surface area (Å²) in [4.78, 5) is 6.48. The molecule has 0 radical (unpaired) electrons. The van der Waals surface area contributed by atoms with Crippen LogP contribution in [0.4, 0.5) is 0 Å². The van der Waals surface area contributed by atoms with E-state index in [1.165, 1.54) is 12.8 Å². The monoisotopic (exact) mass is 223 g/mol. The van der Waals surface area contributed by atoms with Gasteiger partial charge in [-0.25, -0.2) is 4.98 Å². The lowest BCUT2D eigenvalue weighted by molar-refractivity contribution is 0.0616. The summed E-state index contributed by atoms with van der Waals surface area (Å²) >= 11 is 0. The van der Waals surface area contributed by atoms with Gasteiger partial charge < -0.3 is 14.6 Å². The number of aliphatic hydroxyl groups is 1. The van der Waals surface area contributed by atoms with Gasteiger partial charge in [0, 0.05) is 32.0 Å². The molecule has 0 amide bonds. The van der Waals surface area contributed by atoms with E-state index >= 15 is 0 Å². The van der Waals surface area contributed by atoms with Crippen molar-refractivity contribution in [3.63, 3.8) is 0 Å². The van der Waals surface area contributed by atoms with Crippen molar-refractivity contribution in [3.05, 3.63) is 18.7 Å². The highest BCUT2D eigenvalue weighted by Crippen LogP contribution is 2.19. The molecule has 4 heteroatoms. The molecule has 1 aliphatic heterocycles. The number of aromatic nitrogens is 2. The van der Waals surface area contributed by atoms with Gasteiger partial charge in [0.25, 0.3) is 0 Å². The average Bonchev–Trinajstić information content (AvgIpc) is 2.79. The van der Waals surface area contributed by atoms with Gasteiger partial charge in [0.15, 0.2) is 0 Å². The molecule has 1 aromatic heterocycles. The summed E-state index contributed by atoms with van der Waals surface area (Å²) in [5, 5.41) is 9.61. The second-order valence-corrected chi connectivity index (χ2v) is 4.74. The Balaban J connectivity index is 1.77. The fourth-order valence-electron chi connectivity index (χ4n) is 2.36. The predicted molar refractivity (Wildman–Crippen MR) is 63.1 cm³/mol. The van der Waals surface area contributed by atoms with Crippen LogP contribution in [0.1, 0.15) is 19.8 Å². The molecule has 0 saturated carbocycles. The van der Waals surface area contributed by atoms with E-state index in [4.69, 9.17) is 0 Å². The largest absolute Gasteiger partial charge is 0.393 e. The third-order valence-electron chi connectivity index (χ3n) is 3.46. The first kappa shape index (κ1) is 11.6. The van der Waals surface area contributed by atoms with Crippen LogP contribution in [0.2, 0.25) is 0 Å². The van der Waals surface area contributed by atoms with Crippen LogP contribution in [-0.2, 0) is 6.54 Å². The number of aliphatic hydroxyl groups excluding tert-OH is 1. The number of hydrogen-bond donors (Lipinski definition) is 1. The molecule has 2 heterocycles. The van der Waals surface area contributed by atoms with Crippen LogP contribution in [0.5, 0.6) is 0 Å². The summed E-state index contributed by atoms with van der Waals surface area (Å²) in [6, 6.07) is 0. The number of imidazole rings is 1. The summed E-state index contributed by atoms with van der Waals surface area (Å²) in [6.07, 6.45) is 7.87. The molecule has 2 atom stereocenters. The van der Waals surface area contributed by atoms with Gasteiger partial charge in [-0.1, -0.05) is 0 Å². The zero-order valence-corrected chi connectivity index (χ0v) is 9.92. The Morgan fingerprint density at radius 2 is 2.38 bits per heavy atom. The Morgan fingerprint density at radius 1 is 1.50 bits per heavy atom. The quantitative estimate of drug-likeness (QED) is 0.827. The maximum absolute atomic E-state index is 9.61. The first-order valence-electron chi connectivity index (χ1n) is 6.12. The van der Waals surface area contributed by atoms with Crippen LogP contribution in [0.25, 0.3) is 0 Å². The van der Waals surface area contributed by atoms with E-state index in [1.807, 2.05) is 25.6 Å². The fraction of sp³-hybridized carbons (Fsp3) is 0.750. The van der Waals surface area contributed by atoms with Crippen molar-refractivity contribution in [1.82, 2.24) is 14.5 Å². The first-order valence-corrected chi connectivity index (χ1v) is 6.12. The summed E-state index contributed by atoms with van der Waals surface area (Å²) in [7, 11) is 0. The number of rotatable bonds is 4. The van der Waals surface area contributed by atoms with Crippen LogP contribution in [-0.4, -0.2) is 45.3 Å². The highest BCUT2D eigenvalue weighted by molar-refractivity contribution is 4.78. The second-order valence-electron chi connectivity index (χ2n) is 4.74. The predicted octanol–water partition coefficient (Wildman–Crippen LogP) is 0.976. The Kier molecular flexibility index (Phi) is 3.96. The topological polar surface area (TPSA) is 41.3 Å². The summed E-state index contributed by atoms with van der Waals surface area (Å²) in [5.74, 6) is 0.455. The van der Waals surface area contributed by atoms with Crippen molar-refractivity contribution in [1.29, 1.82) is 0 Å². The Bertz CT molecular complexity index is 297. The normalized spacial score (nSPS) is 24.5. The molecule has 2 unspecified atom stereocenters. The van der Waals surface area contributed by atoms with E-state index in [1.54, 1.807) is 0 Å². The lowest BCUT2D eigenvalue weighted by atomic mass is 9.93. The van der Waals surface area contributed by atoms with Crippen LogP contribution >= 0.6 is 0 Å². The Morgan fingerprint density at radius 3 is 3.06 bits per heavy atom. The molecule has 1 aliphatic rings. The Hall–Kier alpha value is -0.870. The van der Waals surface area contributed by atoms with Crippen molar-refractivity contribution >= 4 is 0 Å². The van der Waals surface area contributed by atoms with Gasteiger partial charge in [0.05, 0.1) is 12.4 Å². The molecule has 16 heavy (non-hydrogen) atoms. The second kappa shape index (κ2) is 5.46. The van der Waals surface area contributed by atoms with E-state index in [0.29, 0.717) is 5.92 Å². The molecule has 90 valence electrons. The molecular weight excluding hydrogens is 202 g/mol. The van der Waals surface area contributed by atoms with Gasteiger partial charge >= 0.3 is 0 Å². The lowest BCUT2D eigenvalue weighted by Gasteiger charge is -2.34. The van der Waals surface area contributed by atoms with E-state index in [9.17, 15) is 5.11 Å². The standard InChI is InChI=1S/C12H21N3O/c1-11(16)12-3-2-5-14(9-12)7-8-15-6-4-13-10-15/h4,6,10-12,16H,2-3,5,7-9H2,1H3. The molecule has 1 N–H and O–H groups in total. The molecule has 0 aliphatic carbocycles. The van der Waals surface area contributed by atoms with Crippen LogP contribution < -0.4 is 0 Å². The van der Waals surface area contributed by atoms with E-state index in [2.05, 4.69) is 14.5 Å². The molecule has 1 aromatic rings. The zero-order valence-electron chi connectivity index (χ0n) is 9.92. The molecule has 1 fully saturated rings. The number of hydrogen-bond acceptors (Lipinski definition) is 3. The van der Waals surface area contributed by atoms with E-state index in [0.717, 1.165) is 26.2 Å². The van der Waals surface area contributed by atoms with E-state index in [-0.39, 0.29) is 6.10 Å². The van der Waals surface area contributed by atoms with Crippen LogP contribution in [0.3, 0.4) is 0 Å². The zero-order chi connectivity index (χ0) is 11.4. The lowest BCUT2D eigenvalue weighted by Crippen LogP contribution is -2.40. The first-order chi connectivity index (χ1) is 7.75. The van der Waals surface area contributed by atoms with Crippen molar-refractivity contribution in [2.24, 2.45) is 5.92 Å². The van der Waals surface area contributed by atoms with Gasteiger partial charge in [-0.2, -0.15) is 0 Å². The van der Waals surface area contributed by atoms with Gasteiger partial charge in [0.2, 0.25) is 0 Å². The molecule has 0 aromatic carbocycles. The van der Waals surface area contributed by atoms with Crippen molar-refractivity contribution < 1.29 is 5.11 Å². The molecule has 2 rings (SSSR count). The van der Waals surface area contributed by atoms with E-state index < -0.39 is 0 Å². The molecular formula is C12H21N3O. The summed E-state index contributed by atoms with van der Waals surface area (Å²) < 4.78 is 2.10. The van der Waals surface area contributed by atoms with Crippen molar-refractivity contribution in [2.75, 3.05) is 19.6 Å². The maximum atomic E-state index is 9.61. The highest BCUT2D eigenvalue weighted by Gasteiger charge is 2.22. The third kappa shape index (κ3) is 3.06. The molecule has 0 spiro atoms. The maximum Gasteiger partial charge on any atom is 0.0946 e. The van der Waals surface area contributed by atoms with Crippen LogP contribution in [0, 0.1) is 5.92 Å². The minimum atomic E-state index is -0.170. The number of piperidine rings is 1. The number of nitrogens with zero attached hydrogens (tertiary/aromatic N) is 3. The Labute approximate surface area is 96.9 Å². The SMILES string of the molecule is CC(O)C1CCCN(CCn2ccnc2)C1. The van der Waals surface area contributed by atoms with Crippen LogP contribution in [0.15, 0.2) is 18.7 Å². The minimum Gasteiger partial charge on any atom is -0.393 e. The smallest absolute Gasteiger partial charge is 0.0946 e. The van der Waals surface area contributed by atoms with Gasteiger partial charge in [-0.05, 0) is 32.2 Å². The van der Waals surface area contributed by atoms with Crippen molar-refractivity contribution in [2.45, 2.75) is 32.4 Å². The van der Waals surface area contributed by atoms with Gasteiger partial charge in [-0.3, -0.25) is 0 Å². The highest BCUT2D eigenvalue weighted by atomic mass is 16.3. The summed E-state index contributed by atoms with van der Waals surface area (Å²) in [5.41, 5.74) is 0. The van der Waals surface area contributed by atoms with Gasteiger partial charge in [-0.15, -0.1) is 0 Å². The van der Waals surface area contributed by atoms with Gasteiger partial charge in [0.1, 0.15) is 0 Å². The fourth-order valence-corrected chi connectivity index (χ4v) is 2.36. The average molecular weight is 223 g/mol.